The Morgan fingerprint density at radius 3 is 2.57 bits per heavy atom. The second-order valence-corrected chi connectivity index (χ2v) is 8.16. The summed E-state index contributed by atoms with van der Waals surface area (Å²) in [7, 11) is 0. The van der Waals surface area contributed by atoms with E-state index in [2.05, 4.69) is 26.7 Å². The van der Waals surface area contributed by atoms with Gasteiger partial charge < -0.3 is 15.4 Å². The number of benzene rings is 1. The van der Waals surface area contributed by atoms with Gasteiger partial charge in [0.25, 0.3) is 0 Å². The molecule has 2 unspecified atom stereocenters. The molecule has 3 atom stereocenters. The van der Waals surface area contributed by atoms with Gasteiger partial charge in [0.2, 0.25) is 0 Å². The first-order chi connectivity index (χ1) is 13.6. The molecule has 0 radical (unpaired) electrons. The summed E-state index contributed by atoms with van der Waals surface area (Å²) in [6, 6.07) is 7.36. The van der Waals surface area contributed by atoms with Crippen molar-refractivity contribution in [1.29, 1.82) is 0 Å². The summed E-state index contributed by atoms with van der Waals surface area (Å²) < 4.78 is 0. The van der Waals surface area contributed by atoms with Crippen LogP contribution in [0.2, 0.25) is 5.02 Å². The second kappa shape index (κ2) is 8.15. The Morgan fingerprint density at radius 2 is 1.89 bits per heavy atom. The Balaban J connectivity index is 1.45. The Bertz CT molecular complexity index is 835. The molecular formula is C21H26ClN5O. The summed E-state index contributed by atoms with van der Waals surface area (Å²) in [5.74, 6) is 1.22. The van der Waals surface area contributed by atoms with Crippen LogP contribution in [0.5, 0.6) is 0 Å². The first-order valence-corrected chi connectivity index (χ1v) is 10.3. The van der Waals surface area contributed by atoms with E-state index in [1.807, 2.05) is 12.1 Å². The average Bonchev–Trinajstić information content (AvgIpc) is 3.11. The van der Waals surface area contributed by atoms with Gasteiger partial charge in [0.15, 0.2) is 0 Å². The lowest BCUT2D eigenvalue weighted by Gasteiger charge is -2.40. The standard InChI is InChI=1S/C21H26ClN5O/c1-14-2-7-18-19(14)21(25-13-24-18)27-10-8-26(9-11-27)20(23)17(12-28)15-3-5-16(22)6-4-15/h3-6,12-14,17,20H,2,7-11,23H2,1H3/t14-,17?,20?/m1/s1. The lowest BCUT2D eigenvalue weighted by Crippen LogP contribution is -2.55. The van der Waals surface area contributed by atoms with E-state index < -0.39 is 0 Å². The van der Waals surface area contributed by atoms with Crippen LogP contribution in [0.1, 0.15) is 42.0 Å². The van der Waals surface area contributed by atoms with Crippen LogP contribution >= 0.6 is 11.6 Å². The highest BCUT2D eigenvalue weighted by atomic mass is 35.5. The fraction of sp³-hybridized carbons (Fsp3) is 0.476. The van der Waals surface area contributed by atoms with E-state index in [1.54, 1.807) is 18.5 Å². The van der Waals surface area contributed by atoms with E-state index in [-0.39, 0.29) is 12.1 Å². The maximum absolute atomic E-state index is 11.8. The number of rotatable bonds is 5. The molecule has 6 nitrogen and oxygen atoms in total. The second-order valence-electron chi connectivity index (χ2n) is 7.72. The van der Waals surface area contributed by atoms with Crippen molar-refractivity contribution in [2.75, 3.05) is 31.1 Å². The maximum atomic E-state index is 11.8. The zero-order chi connectivity index (χ0) is 19.7. The van der Waals surface area contributed by atoms with E-state index in [4.69, 9.17) is 17.3 Å². The fourth-order valence-electron chi connectivity index (χ4n) is 4.38. The van der Waals surface area contributed by atoms with Crippen molar-refractivity contribution >= 4 is 23.7 Å². The van der Waals surface area contributed by atoms with Gasteiger partial charge in [-0.2, -0.15) is 0 Å². The average molecular weight is 400 g/mol. The Hall–Kier alpha value is -2.02. The van der Waals surface area contributed by atoms with Gasteiger partial charge in [0, 0.05) is 42.5 Å². The number of aldehydes is 1. The molecule has 2 N–H and O–H groups in total. The van der Waals surface area contributed by atoms with Crippen LogP contribution in [0, 0.1) is 0 Å². The molecule has 1 aromatic carbocycles. The topological polar surface area (TPSA) is 75.3 Å². The lowest BCUT2D eigenvalue weighted by atomic mass is 9.96. The minimum Gasteiger partial charge on any atom is -0.354 e. The molecule has 1 saturated heterocycles. The van der Waals surface area contributed by atoms with Gasteiger partial charge in [-0.25, -0.2) is 9.97 Å². The third-order valence-corrected chi connectivity index (χ3v) is 6.31. The molecule has 1 aliphatic carbocycles. The predicted molar refractivity (Wildman–Crippen MR) is 111 cm³/mol. The van der Waals surface area contributed by atoms with Crippen LogP contribution in [-0.2, 0) is 11.2 Å². The lowest BCUT2D eigenvalue weighted by molar-refractivity contribution is -0.110. The molecule has 0 saturated carbocycles. The highest BCUT2D eigenvalue weighted by Gasteiger charge is 2.31. The van der Waals surface area contributed by atoms with Crippen LogP contribution < -0.4 is 10.6 Å². The Labute approximate surface area is 170 Å². The number of aromatic nitrogens is 2. The van der Waals surface area contributed by atoms with Gasteiger partial charge in [-0.15, -0.1) is 0 Å². The van der Waals surface area contributed by atoms with Crippen molar-refractivity contribution in [3.05, 3.63) is 52.4 Å². The molecule has 28 heavy (non-hydrogen) atoms. The number of fused-ring (bicyclic) bond motifs is 1. The maximum Gasteiger partial charge on any atom is 0.135 e. The quantitative estimate of drug-likeness (QED) is 0.779. The number of piperazine rings is 1. The fourth-order valence-corrected chi connectivity index (χ4v) is 4.50. The van der Waals surface area contributed by atoms with Gasteiger partial charge in [-0.1, -0.05) is 30.7 Å². The van der Waals surface area contributed by atoms with Gasteiger partial charge in [-0.05, 0) is 36.5 Å². The van der Waals surface area contributed by atoms with Crippen molar-refractivity contribution in [3.8, 4) is 0 Å². The first kappa shape index (κ1) is 19.3. The van der Waals surface area contributed by atoms with Crippen molar-refractivity contribution in [3.63, 3.8) is 0 Å². The van der Waals surface area contributed by atoms with E-state index in [0.717, 1.165) is 56.7 Å². The molecule has 0 bridgehead atoms. The highest BCUT2D eigenvalue weighted by molar-refractivity contribution is 6.30. The van der Waals surface area contributed by atoms with Crippen molar-refractivity contribution in [1.82, 2.24) is 14.9 Å². The molecule has 4 rings (SSSR count). The molecule has 2 aliphatic rings. The molecule has 0 amide bonds. The van der Waals surface area contributed by atoms with Gasteiger partial charge in [-0.3, -0.25) is 4.90 Å². The van der Waals surface area contributed by atoms with E-state index in [9.17, 15) is 4.79 Å². The number of aryl methyl sites for hydroxylation is 1. The third kappa shape index (κ3) is 3.64. The summed E-state index contributed by atoms with van der Waals surface area (Å²) in [5, 5.41) is 0.655. The minimum absolute atomic E-state index is 0.351. The minimum atomic E-state index is -0.368. The molecular weight excluding hydrogens is 374 g/mol. The number of nitrogens with two attached hydrogens (primary N) is 1. The van der Waals surface area contributed by atoms with E-state index >= 15 is 0 Å². The SMILES string of the molecule is C[C@@H]1CCc2ncnc(N3CCN(C(N)C(C=O)c4ccc(Cl)cc4)CC3)c21. The van der Waals surface area contributed by atoms with E-state index in [1.165, 1.54) is 11.3 Å². The molecule has 0 spiro atoms. The summed E-state index contributed by atoms with van der Waals surface area (Å²) in [5.41, 5.74) is 9.89. The Kier molecular flexibility index (Phi) is 5.62. The number of carbonyl (C=O) groups is 1. The zero-order valence-electron chi connectivity index (χ0n) is 16.1. The van der Waals surface area contributed by atoms with Gasteiger partial charge in [0.1, 0.15) is 18.4 Å². The predicted octanol–water partition coefficient (Wildman–Crippen LogP) is 2.57. The molecule has 7 heteroatoms. The summed E-state index contributed by atoms with van der Waals surface area (Å²) in [6.07, 6.45) is 4.47. The van der Waals surface area contributed by atoms with E-state index in [0.29, 0.717) is 10.9 Å². The third-order valence-electron chi connectivity index (χ3n) is 6.06. The smallest absolute Gasteiger partial charge is 0.135 e. The van der Waals surface area contributed by atoms with Crippen LogP contribution in [0.25, 0.3) is 0 Å². The summed E-state index contributed by atoms with van der Waals surface area (Å²) in [4.78, 5) is 25.3. The first-order valence-electron chi connectivity index (χ1n) is 9.87. The largest absolute Gasteiger partial charge is 0.354 e. The van der Waals surface area contributed by atoms with Crippen LogP contribution in [0.15, 0.2) is 30.6 Å². The van der Waals surface area contributed by atoms with Gasteiger partial charge in [0.05, 0.1) is 12.1 Å². The molecule has 1 aliphatic heterocycles. The molecule has 1 aromatic heterocycles. The molecule has 148 valence electrons. The monoisotopic (exact) mass is 399 g/mol. The number of anilines is 1. The number of nitrogens with zero attached hydrogens (tertiary/aromatic N) is 4. The molecule has 1 fully saturated rings. The van der Waals surface area contributed by atoms with Crippen molar-refractivity contribution in [2.24, 2.45) is 5.73 Å². The van der Waals surface area contributed by atoms with Crippen molar-refractivity contribution < 1.29 is 4.79 Å². The van der Waals surface area contributed by atoms with Crippen LogP contribution in [0.4, 0.5) is 5.82 Å². The number of carbonyl (C=O) groups excluding carboxylic acids is 1. The normalized spacial score (nSPS) is 22.0. The summed E-state index contributed by atoms with van der Waals surface area (Å²) in [6.45, 7) is 5.54. The number of hydrogen-bond donors (Lipinski definition) is 1. The molecule has 2 aromatic rings. The van der Waals surface area contributed by atoms with Gasteiger partial charge >= 0.3 is 0 Å². The van der Waals surface area contributed by atoms with Crippen LogP contribution in [-0.4, -0.2) is 53.5 Å². The highest BCUT2D eigenvalue weighted by Crippen LogP contribution is 2.37. The van der Waals surface area contributed by atoms with Crippen molar-refractivity contribution in [2.45, 2.75) is 37.8 Å². The summed E-state index contributed by atoms with van der Waals surface area (Å²) >= 11 is 5.97. The zero-order valence-corrected chi connectivity index (χ0v) is 16.8. The van der Waals surface area contributed by atoms with Crippen LogP contribution in [0.3, 0.4) is 0 Å². The number of hydrogen-bond acceptors (Lipinski definition) is 6. The Morgan fingerprint density at radius 1 is 1.18 bits per heavy atom. The molecule has 2 heterocycles. The number of halogens is 1.